The number of carbonyl (C=O) groups excluding carboxylic acids is 2. The van der Waals surface area contributed by atoms with E-state index in [0.717, 1.165) is 11.3 Å². The average Bonchev–Trinajstić information content (AvgIpc) is 2.92. The van der Waals surface area contributed by atoms with Crippen LogP contribution >= 0.6 is 23.4 Å². The van der Waals surface area contributed by atoms with Gasteiger partial charge in [-0.3, -0.25) is 4.79 Å². The number of ether oxygens (including phenoxy) is 1. The number of carbonyl (C=O) groups is 2. The Hall–Kier alpha value is -1.99. The van der Waals surface area contributed by atoms with E-state index in [9.17, 15) is 9.59 Å². The number of halogens is 1. The van der Waals surface area contributed by atoms with Gasteiger partial charge in [-0.1, -0.05) is 41.9 Å². The summed E-state index contributed by atoms with van der Waals surface area (Å²) in [6.07, 6.45) is 2.42. The fourth-order valence-corrected chi connectivity index (χ4v) is 3.32. The molecule has 26 heavy (non-hydrogen) atoms. The third-order valence-electron chi connectivity index (χ3n) is 3.87. The van der Waals surface area contributed by atoms with Gasteiger partial charge in [0.25, 0.3) is 5.91 Å². The Morgan fingerprint density at radius 1 is 1.35 bits per heavy atom. The molecule has 0 aliphatic rings. The second kappa shape index (κ2) is 9.64. The lowest BCUT2D eigenvalue weighted by Crippen LogP contribution is -2.42. The SMILES string of the molecule is COC(=O)[C@H](CCSC)NC(=O)c1c(C)nn(Cc2ccccc2)c1Cl. The zero-order valence-electron chi connectivity index (χ0n) is 15.0. The van der Waals surface area contributed by atoms with Crippen LogP contribution in [0.3, 0.4) is 0 Å². The molecule has 1 aromatic carbocycles. The minimum atomic E-state index is -0.715. The number of methoxy groups -OCH3 is 1. The van der Waals surface area contributed by atoms with Crippen molar-refractivity contribution in [3.63, 3.8) is 0 Å². The first kappa shape index (κ1) is 20.3. The highest BCUT2D eigenvalue weighted by Crippen LogP contribution is 2.21. The van der Waals surface area contributed by atoms with Gasteiger partial charge in [0.15, 0.2) is 0 Å². The smallest absolute Gasteiger partial charge is 0.328 e. The van der Waals surface area contributed by atoms with Gasteiger partial charge < -0.3 is 10.1 Å². The molecule has 8 heteroatoms. The molecule has 0 bridgehead atoms. The molecule has 140 valence electrons. The molecule has 0 saturated carbocycles. The number of hydrogen-bond acceptors (Lipinski definition) is 5. The van der Waals surface area contributed by atoms with Crippen molar-refractivity contribution in [2.45, 2.75) is 25.9 Å². The van der Waals surface area contributed by atoms with Gasteiger partial charge in [-0.2, -0.15) is 16.9 Å². The quantitative estimate of drug-likeness (QED) is 0.696. The van der Waals surface area contributed by atoms with Gasteiger partial charge in [-0.25, -0.2) is 9.48 Å². The van der Waals surface area contributed by atoms with Crippen molar-refractivity contribution in [1.29, 1.82) is 0 Å². The Kier molecular flexibility index (Phi) is 7.53. The normalized spacial score (nSPS) is 11.8. The number of nitrogens with zero attached hydrogens (tertiary/aromatic N) is 2. The summed E-state index contributed by atoms with van der Waals surface area (Å²) < 4.78 is 6.35. The van der Waals surface area contributed by atoms with Crippen molar-refractivity contribution in [2.24, 2.45) is 0 Å². The molecule has 0 aliphatic heterocycles. The van der Waals surface area contributed by atoms with E-state index in [0.29, 0.717) is 18.7 Å². The van der Waals surface area contributed by atoms with E-state index >= 15 is 0 Å². The molecule has 1 N–H and O–H groups in total. The third kappa shape index (κ3) is 5.02. The Morgan fingerprint density at radius 3 is 2.65 bits per heavy atom. The van der Waals surface area contributed by atoms with E-state index < -0.39 is 17.9 Å². The molecule has 1 aromatic heterocycles. The molecule has 1 atom stereocenters. The first-order chi connectivity index (χ1) is 12.5. The first-order valence-corrected chi connectivity index (χ1v) is 9.89. The van der Waals surface area contributed by atoms with Crippen LogP contribution in [0.1, 0.15) is 28.0 Å². The van der Waals surface area contributed by atoms with Crippen LogP contribution < -0.4 is 5.32 Å². The van der Waals surface area contributed by atoms with Crippen molar-refractivity contribution in [3.8, 4) is 0 Å². The maximum absolute atomic E-state index is 12.7. The molecule has 1 amide bonds. The lowest BCUT2D eigenvalue weighted by molar-refractivity contribution is -0.142. The van der Waals surface area contributed by atoms with Gasteiger partial charge in [0.05, 0.1) is 24.9 Å². The number of aromatic nitrogens is 2. The maximum atomic E-state index is 12.7. The van der Waals surface area contributed by atoms with Crippen LogP contribution in [0.5, 0.6) is 0 Å². The number of rotatable bonds is 8. The van der Waals surface area contributed by atoms with Crippen LogP contribution in [-0.4, -0.2) is 46.8 Å². The average molecular weight is 396 g/mol. The van der Waals surface area contributed by atoms with Crippen LogP contribution in [0.4, 0.5) is 0 Å². The van der Waals surface area contributed by atoms with Crippen molar-refractivity contribution in [3.05, 3.63) is 52.3 Å². The van der Waals surface area contributed by atoms with E-state index in [-0.39, 0.29) is 10.7 Å². The summed E-state index contributed by atoms with van der Waals surface area (Å²) in [5.41, 5.74) is 1.81. The molecule has 0 aliphatic carbocycles. The van der Waals surface area contributed by atoms with Gasteiger partial charge in [0, 0.05) is 0 Å². The summed E-state index contributed by atoms with van der Waals surface area (Å²) in [7, 11) is 1.30. The third-order valence-corrected chi connectivity index (χ3v) is 4.90. The van der Waals surface area contributed by atoms with Crippen molar-refractivity contribution >= 4 is 35.2 Å². The van der Waals surface area contributed by atoms with Crippen LogP contribution in [0.15, 0.2) is 30.3 Å². The molecular weight excluding hydrogens is 374 g/mol. The number of hydrogen-bond donors (Lipinski definition) is 1. The van der Waals surface area contributed by atoms with Gasteiger partial charge in [-0.05, 0) is 30.9 Å². The molecule has 0 radical (unpaired) electrons. The number of thioether (sulfide) groups is 1. The molecule has 2 rings (SSSR count). The Labute approximate surface area is 162 Å². The fourth-order valence-electron chi connectivity index (χ4n) is 2.53. The minimum Gasteiger partial charge on any atom is -0.467 e. The van der Waals surface area contributed by atoms with Gasteiger partial charge in [0.1, 0.15) is 11.2 Å². The monoisotopic (exact) mass is 395 g/mol. The highest BCUT2D eigenvalue weighted by molar-refractivity contribution is 7.98. The largest absolute Gasteiger partial charge is 0.467 e. The number of aryl methyl sites for hydroxylation is 1. The molecular formula is C18H22ClN3O3S. The topological polar surface area (TPSA) is 73.2 Å². The van der Waals surface area contributed by atoms with E-state index in [4.69, 9.17) is 16.3 Å². The summed E-state index contributed by atoms with van der Waals surface area (Å²) in [5, 5.41) is 7.33. The second-order valence-electron chi connectivity index (χ2n) is 5.73. The Morgan fingerprint density at radius 2 is 2.04 bits per heavy atom. The lowest BCUT2D eigenvalue weighted by Gasteiger charge is -2.16. The summed E-state index contributed by atoms with van der Waals surface area (Å²) in [4.78, 5) is 24.6. The summed E-state index contributed by atoms with van der Waals surface area (Å²) >= 11 is 7.99. The molecule has 0 unspecified atom stereocenters. The molecule has 0 fully saturated rings. The highest BCUT2D eigenvalue weighted by Gasteiger charge is 2.26. The summed E-state index contributed by atoms with van der Waals surface area (Å²) in [6, 6.07) is 9.00. The summed E-state index contributed by atoms with van der Waals surface area (Å²) in [6.45, 7) is 2.18. The van der Waals surface area contributed by atoms with Gasteiger partial charge in [-0.15, -0.1) is 0 Å². The van der Waals surface area contributed by atoms with Gasteiger partial charge >= 0.3 is 5.97 Å². The zero-order valence-corrected chi connectivity index (χ0v) is 16.6. The van der Waals surface area contributed by atoms with E-state index in [1.54, 1.807) is 23.4 Å². The van der Waals surface area contributed by atoms with E-state index in [1.165, 1.54) is 7.11 Å². The zero-order chi connectivity index (χ0) is 19.1. The Balaban J connectivity index is 2.19. The molecule has 2 aromatic rings. The molecule has 0 spiro atoms. The highest BCUT2D eigenvalue weighted by atomic mass is 35.5. The number of esters is 1. The van der Waals surface area contributed by atoms with Crippen molar-refractivity contribution < 1.29 is 14.3 Å². The predicted octanol–water partition coefficient (Wildman–Crippen LogP) is 2.92. The number of amides is 1. The summed E-state index contributed by atoms with van der Waals surface area (Å²) in [5.74, 6) is -0.179. The predicted molar refractivity (Wildman–Crippen MR) is 104 cm³/mol. The van der Waals surface area contributed by atoms with Crippen molar-refractivity contribution in [2.75, 3.05) is 19.1 Å². The van der Waals surface area contributed by atoms with E-state index in [1.807, 2.05) is 36.6 Å². The van der Waals surface area contributed by atoms with Gasteiger partial charge in [0.2, 0.25) is 0 Å². The second-order valence-corrected chi connectivity index (χ2v) is 7.07. The first-order valence-electron chi connectivity index (χ1n) is 8.12. The van der Waals surface area contributed by atoms with Crippen LogP contribution in [0.25, 0.3) is 0 Å². The van der Waals surface area contributed by atoms with Crippen LogP contribution in [0.2, 0.25) is 5.15 Å². The van der Waals surface area contributed by atoms with Crippen LogP contribution in [-0.2, 0) is 16.1 Å². The van der Waals surface area contributed by atoms with Crippen molar-refractivity contribution in [1.82, 2.24) is 15.1 Å². The number of nitrogens with one attached hydrogen (secondary N) is 1. The number of benzene rings is 1. The van der Waals surface area contributed by atoms with E-state index in [2.05, 4.69) is 10.4 Å². The molecule has 0 saturated heterocycles. The fraction of sp³-hybridized carbons (Fsp3) is 0.389. The molecule has 1 heterocycles. The Bertz CT molecular complexity index is 765. The molecule has 6 nitrogen and oxygen atoms in total. The lowest BCUT2D eigenvalue weighted by atomic mass is 10.2. The van der Waals surface area contributed by atoms with Crippen LogP contribution in [0, 0.1) is 6.92 Å². The minimum absolute atomic E-state index is 0.248. The maximum Gasteiger partial charge on any atom is 0.328 e. The standard InChI is InChI=1S/C18H22ClN3O3S/c1-12-15(17(23)20-14(9-10-26-3)18(24)25-2)16(19)22(21-12)11-13-7-5-4-6-8-13/h4-8,14H,9-11H2,1-3H3,(H,20,23)/t14-/m0/s1.